The Hall–Kier alpha value is -0.860. The van der Waals surface area contributed by atoms with Crippen LogP contribution in [0.1, 0.15) is 39.5 Å². The van der Waals surface area contributed by atoms with Crippen molar-refractivity contribution in [2.45, 2.75) is 39.5 Å². The first-order valence-corrected chi connectivity index (χ1v) is 4.38. The molecule has 0 bridgehead atoms. The fourth-order valence-corrected chi connectivity index (χ4v) is 0.840. The van der Waals surface area contributed by atoms with Crippen LogP contribution in [0.3, 0.4) is 0 Å². The lowest BCUT2D eigenvalue weighted by molar-refractivity contribution is -0.143. The normalized spacial score (nSPS) is 9.50. The molecule has 0 N–H and O–H groups in total. The number of hydrogen-bond acceptors (Lipinski definition) is 3. The Morgan fingerprint density at radius 3 is 2.33 bits per heavy atom. The van der Waals surface area contributed by atoms with E-state index in [0.717, 1.165) is 0 Å². The summed E-state index contributed by atoms with van der Waals surface area (Å²) in [5, 5.41) is 0. The summed E-state index contributed by atoms with van der Waals surface area (Å²) in [6, 6.07) is 0. The van der Waals surface area contributed by atoms with Crippen molar-refractivity contribution in [3.63, 3.8) is 0 Å². The minimum absolute atomic E-state index is 0.207. The summed E-state index contributed by atoms with van der Waals surface area (Å²) in [6.07, 6.45) is 2.03. The Kier molecular flexibility index (Phi) is 6.34. The van der Waals surface area contributed by atoms with Gasteiger partial charge in [0.2, 0.25) is 0 Å². The van der Waals surface area contributed by atoms with E-state index in [1.807, 2.05) is 6.92 Å². The highest BCUT2D eigenvalue weighted by Gasteiger charge is 2.03. The van der Waals surface area contributed by atoms with Crippen molar-refractivity contribution in [3.8, 4) is 0 Å². The third-order valence-corrected chi connectivity index (χ3v) is 1.54. The molecule has 0 heterocycles. The van der Waals surface area contributed by atoms with Crippen LogP contribution in [0.2, 0.25) is 0 Å². The molecular weight excluding hydrogens is 156 g/mol. The van der Waals surface area contributed by atoms with E-state index in [4.69, 9.17) is 4.74 Å². The number of hydrogen-bond donors (Lipinski definition) is 0. The number of carbonyl (C=O) groups excluding carboxylic acids is 2. The lowest BCUT2D eigenvalue weighted by Crippen LogP contribution is -2.04. The van der Waals surface area contributed by atoms with Crippen molar-refractivity contribution >= 4 is 11.8 Å². The van der Waals surface area contributed by atoms with Crippen LogP contribution >= 0.6 is 0 Å². The number of esters is 1. The largest absolute Gasteiger partial charge is 0.466 e. The van der Waals surface area contributed by atoms with Gasteiger partial charge in [0.1, 0.15) is 5.78 Å². The Bertz CT molecular complexity index is 152. The van der Waals surface area contributed by atoms with Gasteiger partial charge in [0.05, 0.1) is 6.61 Å². The average Bonchev–Trinajstić information content (AvgIpc) is 2.04. The van der Waals surface area contributed by atoms with Gasteiger partial charge in [-0.05, 0) is 13.3 Å². The quantitative estimate of drug-likeness (QED) is 0.573. The predicted molar refractivity (Wildman–Crippen MR) is 45.8 cm³/mol. The van der Waals surface area contributed by atoms with Gasteiger partial charge in [-0.25, -0.2) is 0 Å². The van der Waals surface area contributed by atoms with Crippen molar-refractivity contribution in [1.82, 2.24) is 0 Å². The Morgan fingerprint density at radius 2 is 1.83 bits per heavy atom. The molecule has 0 fully saturated rings. The molecule has 0 rings (SSSR count). The monoisotopic (exact) mass is 172 g/mol. The summed E-state index contributed by atoms with van der Waals surface area (Å²) in [5.41, 5.74) is 0. The van der Waals surface area contributed by atoms with Gasteiger partial charge >= 0.3 is 5.97 Å². The molecule has 3 heteroatoms. The van der Waals surface area contributed by atoms with Gasteiger partial charge in [-0.2, -0.15) is 0 Å². The molecule has 0 aromatic heterocycles. The van der Waals surface area contributed by atoms with Gasteiger partial charge in [-0.15, -0.1) is 0 Å². The summed E-state index contributed by atoms with van der Waals surface area (Å²) in [5.74, 6) is 0.000650. The molecule has 3 nitrogen and oxygen atoms in total. The Morgan fingerprint density at radius 1 is 1.17 bits per heavy atom. The van der Waals surface area contributed by atoms with E-state index >= 15 is 0 Å². The average molecular weight is 172 g/mol. The molecule has 0 aromatic rings. The lowest BCUT2D eigenvalue weighted by Gasteiger charge is -1.99. The van der Waals surface area contributed by atoms with E-state index in [1.54, 1.807) is 6.92 Å². The summed E-state index contributed by atoms with van der Waals surface area (Å²) < 4.78 is 4.71. The van der Waals surface area contributed by atoms with Crippen LogP contribution in [0.4, 0.5) is 0 Å². The second-order valence-corrected chi connectivity index (χ2v) is 2.55. The van der Waals surface area contributed by atoms with Gasteiger partial charge in [0.15, 0.2) is 0 Å². The molecule has 0 unspecified atom stereocenters. The topological polar surface area (TPSA) is 43.4 Å². The number of ketones is 1. The SMILES string of the molecule is CCOC(=O)CCCC(=O)CC. The predicted octanol–water partition coefficient (Wildman–Crippen LogP) is 1.70. The lowest BCUT2D eigenvalue weighted by atomic mass is 10.1. The van der Waals surface area contributed by atoms with E-state index in [-0.39, 0.29) is 11.8 Å². The zero-order valence-corrected chi connectivity index (χ0v) is 7.76. The standard InChI is InChI=1S/C9H16O3/c1-3-8(10)6-5-7-9(11)12-4-2/h3-7H2,1-2H3. The third kappa shape index (κ3) is 5.89. The minimum atomic E-state index is -0.207. The van der Waals surface area contributed by atoms with Gasteiger partial charge in [0.25, 0.3) is 0 Å². The van der Waals surface area contributed by atoms with Crippen molar-refractivity contribution in [3.05, 3.63) is 0 Å². The number of Topliss-reactive ketones (excluding diaryl/α,β-unsaturated/α-hetero) is 1. The highest BCUT2D eigenvalue weighted by Crippen LogP contribution is 2.00. The summed E-state index contributed by atoms with van der Waals surface area (Å²) in [6.45, 7) is 4.02. The molecule has 0 radical (unpaired) electrons. The summed E-state index contributed by atoms with van der Waals surface area (Å²) in [4.78, 5) is 21.6. The Balaban J connectivity index is 3.30. The van der Waals surface area contributed by atoms with E-state index < -0.39 is 0 Å². The fourth-order valence-electron chi connectivity index (χ4n) is 0.840. The minimum Gasteiger partial charge on any atom is -0.466 e. The van der Waals surface area contributed by atoms with Crippen LogP contribution < -0.4 is 0 Å². The van der Waals surface area contributed by atoms with Crippen molar-refractivity contribution < 1.29 is 14.3 Å². The molecule has 0 aliphatic carbocycles. The van der Waals surface area contributed by atoms with E-state index in [9.17, 15) is 9.59 Å². The van der Waals surface area contributed by atoms with Gasteiger partial charge in [-0.1, -0.05) is 6.92 Å². The first kappa shape index (κ1) is 11.1. The maximum Gasteiger partial charge on any atom is 0.305 e. The molecule has 0 atom stereocenters. The van der Waals surface area contributed by atoms with Crippen LogP contribution in [0, 0.1) is 0 Å². The van der Waals surface area contributed by atoms with Gasteiger partial charge in [-0.3, -0.25) is 9.59 Å². The van der Waals surface area contributed by atoms with Crippen molar-refractivity contribution in [1.29, 1.82) is 0 Å². The second-order valence-electron chi connectivity index (χ2n) is 2.55. The first-order valence-electron chi connectivity index (χ1n) is 4.38. The maximum atomic E-state index is 10.8. The Labute approximate surface area is 73.1 Å². The van der Waals surface area contributed by atoms with Crippen LogP contribution in [0.15, 0.2) is 0 Å². The molecule has 70 valence electrons. The molecule has 0 saturated heterocycles. The third-order valence-electron chi connectivity index (χ3n) is 1.54. The number of ether oxygens (including phenoxy) is 1. The molecule has 12 heavy (non-hydrogen) atoms. The van der Waals surface area contributed by atoms with Crippen LogP contribution in [0.5, 0.6) is 0 Å². The maximum absolute atomic E-state index is 10.8. The highest BCUT2D eigenvalue weighted by atomic mass is 16.5. The van der Waals surface area contributed by atoms with Crippen molar-refractivity contribution in [2.75, 3.05) is 6.61 Å². The second kappa shape index (κ2) is 6.83. The molecule has 0 aromatic carbocycles. The van der Waals surface area contributed by atoms with Gasteiger partial charge < -0.3 is 4.74 Å². The van der Waals surface area contributed by atoms with E-state index in [2.05, 4.69) is 0 Å². The zero-order chi connectivity index (χ0) is 9.40. The highest BCUT2D eigenvalue weighted by molar-refractivity contribution is 5.78. The van der Waals surface area contributed by atoms with Crippen LogP contribution in [0.25, 0.3) is 0 Å². The summed E-state index contributed by atoms with van der Waals surface area (Å²) in [7, 11) is 0. The number of carbonyl (C=O) groups is 2. The van der Waals surface area contributed by atoms with Crippen LogP contribution in [-0.2, 0) is 14.3 Å². The molecule has 0 aliphatic rings. The zero-order valence-electron chi connectivity index (χ0n) is 7.76. The van der Waals surface area contributed by atoms with E-state index in [0.29, 0.717) is 32.3 Å². The molecule has 0 aliphatic heterocycles. The molecular formula is C9H16O3. The van der Waals surface area contributed by atoms with Crippen molar-refractivity contribution in [2.24, 2.45) is 0 Å². The molecule has 0 spiro atoms. The first-order chi connectivity index (χ1) is 5.70. The van der Waals surface area contributed by atoms with Crippen LogP contribution in [-0.4, -0.2) is 18.4 Å². The molecule has 0 saturated carbocycles. The summed E-state index contributed by atoms with van der Waals surface area (Å²) >= 11 is 0. The fraction of sp³-hybridized carbons (Fsp3) is 0.778. The smallest absolute Gasteiger partial charge is 0.305 e. The van der Waals surface area contributed by atoms with E-state index in [1.165, 1.54) is 0 Å². The van der Waals surface area contributed by atoms with Gasteiger partial charge in [0, 0.05) is 19.3 Å². The molecule has 0 amide bonds. The number of rotatable bonds is 6.